The zero-order valence-electron chi connectivity index (χ0n) is 14.5. The van der Waals surface area contributed by atoms with Crippen LogP contribution in [0.15, 0.2) is 17.0 Å². The monoisotopic (exact) mass is 375 g/mol. The molecule has 6 nitrogen and oxygen atoms in total. The summed E-state index contributed by atoms with van der Waals surface area (Å²) in [5.74, 6) is -0.225. The Balaban J connectivity index is 0.00000288. The maximum Gasteiger partial charge on any atom is 0.251 e. The molecule has 1 aliphatic rings. The van der Waals surface area contributed by atoms with E-state index in [1.807, 2.05) is 6.92 Å². The van der Waals surface area contributed by atoms with Crippen LogP contribution in [0.1, 0.15) is 34.3 Å². The molecular weight excluding hydrogens is 350 g/mol. The van der Waals surface area contributed by atoms with E-state index in [9.17, 15) is 13.2 Å². The molecule has 0 saturated carbocycles. The third-order valence-corrected chi connectivity index (χ3v) is 6.21. The molecule has 1 aromatic carbocycles. The molecule has 1 amide bonds. The van der Waals surface area contributed by atoms with Crippen molar-refractivity contribution >= 4 is 28.3 Å². The van der Waals surface area contributed by atoms with Gasteiger partial charge in [-0.15, -0.1) is 12.4 Å². The van der Waals surface area contributed by atoms with Crippen molar-refractivity contribution in [3.8, 4) is 0 Å². The van der Waals surface area contributed by atoms with E-state index >= 15 is 0 Å². The van der Waals surface area contributed by atoms with Crippen molar-refractivity contribution in [2.24, 2.45) is 0 Å². The van der Waals surface area contributed by atoms with Crippen LogP contribution in [0.2, 0.25) is 0 Å². The molecule has 1 heterocycles. The fourth-order valence-electron chi connectivity index (χ4n) is 2.67. The number of aryl methyl sites for hydroxylation is 1. The number of amides is 1. The number of hydrogen-bond donors (Lipinski definition) is 2. The predicted molar refractivity (Wildman–Crippen MR) is 97.4 cm³/mol. The van der Waals surface area contributed by atoms with E-state index < -0.39 is 10.0 Å². The molecule has 2 rings (SSSR count). The maximum absolute atomic E-state index is 12.5. The molecule has 2 N–H and O–H groups in total. The van der Waals surface area contributed by atoms with Gasteiger partial charge in [0.2, 0.25) is 10.0 Å². The molecule has 1 aliphatic heterocycles. The molecule has 0 spiro atoms. The zero-order valence-corrected chi connectivity index (χ0v) is 16.2. The van der Waals surface area contributed by atoms with Crippen molar-refractivity contribution in [3.05, 3.63) is 28.8 Å². The van der Waals surface area contributed by atoms with Gasteiger partial charge in [0.1, 0.15) is 0 Å². The van der Waals surface area contributed by atoms with E-state index in [0.717, 1.165) is 31.5 Å². The highest BCUT2D eigenvalue weighted by Crippen LogP contribution is 2.23. The minimum atomic E-state index is -3.58. The highest BCUT2D eigenvalue weighted by atomic mass is 35.5. The van der Waals surface area contributed by atoms with Crippen molar-refractivity contribution in [1.29, 1.82) is 0 Å². The van der Waals surface area contributed by atoms with Crippen LogP contribution >= 0.6 is 12.4 Å². The van der Waals surface area contributed by atoms with Crippen LogP contribution in [0.25, 0.3) is 0 Å². The summed E-state index contributed by atoms with van der Waals surface area (Å²) in [7, 11) is -0.597. The Bertz CT molecular complexity index is 699. The summed E-state index contributed by atoms with van der Waals surface area (Å²) in [4.78, 5) is 12.7. The van der Waals surface area contributed by atoms with E-state index in [2.05, 4.69) is 10.6 Å². The second kappa shape index (κ2) is 8.29. The lowest BCUT2D eigenvalue weighted by atomic mass is 10.0. The molecule has 1 atom stereocenters. The molecule has 0 radical (unpaired) electrons. The van der Waals surface area contributed by atoms with Crippen LogP contribution < -0.4 is 10.6 Å². The van der Waals surface area contributed by atoms with Crippen LogP contribution in [0.3, 0.4) is 0 Å². The molecule has 1 saturated heterocycles. The number of piperidine rings is 1. The van der Waals surface area contributed by atoms with E-state index in [4.69, 9.17) is 0 Å². The highest BCUT2D eigenvalue weighted by Gasteiger charge is 2.24. The minimum absolute atomic E-state index is 0. The van der Waals surface area contributed by atoms with E-state index in [-0.39, 0.29) is 29.3 Å². The van der Waals surface area contributed by atoms with Crippen molar-refractivity contribution in [1.82, 2.24) is 14.9 Å². The van der Waals surface area contributed by atoms with Gasteiger partial charge in [-0.05, 0) is 56.5 Å². The van der Waals surface area contributed by atoms with Crippen molar-refractivity contribution in [3.63, 3.8) is 0 Å². The largest absolute Gasteiger partial charge is 0.348 e. The van der Waals surface area contributed by atoms with E-state index in [1.54, 1.807) is 13.0 Å². The normalized spacial score (nSPS) is 18.1. The molecule has 8 heteroatoms. The molecule has 0 aromatic heterocycles. The van der Waals surface area contributed by atoms with Crippen molar-refractivity contribution in [2.75, 3.05) is 27.2 Å². The number of carbonyl (C=O) groups excluding carboxylic acids is 1. The quantitative estimate of drug-likeness (QED) is 0.835. The molecule has 0 bridgehead atoms. The van der Waals surface area contributed by atoms with Crippen LogP contribution in [-0.2, 0) is 10.0 Å². The number of nitrogens with zero attached hydrogens (tertiary/aromatic N) is 1. The maximum atomic E-state index is 12.5. The number of nitrogens with one attached hydrogen (secondary N) is 2. The number of rotatable bonds is 4. The van der Waals surface area contributed by atoms with Crippen LogP contribution in [0.5, 0.6) is 0 Å². The fourth-order valence-corrected chi connectivity index (χ4v) is 3.88. The van der Waals surface area contributed by atoms with Gasteiger partial charge in [-0.1, -0.05) is 0 Å². The summed E-state index contributed by atoms with van der Waals surface area (Å²) in [5.41, 5.74) is 1.86. The summed E-state index contributed by atoms with van der Waals surface area (Å²) in [6, 6.07) is 3.31. The van der Waals surface area contributed by atoms with Gasteiger partial charge in [-0.25, -0.2) is 12.7 Å². The summed E-state index contributed by atoms with van der Waals surface area (Å²) < 4.78 is 26.1. The van der Waals surface area contributed by atoms with Crippen LogP contribution in [-0.4, -0.2) is 51.9 Å². The first-order valence-corrected chi connectivity index (χ1v) is 9.23. The third-order valence-electron chi connectivity index (χ3n) is 4.27. The van der Waals surface area contributed by atoms with Gasteiger partial charge in [-0.2, -0.15) is 0 Å². The molecule has 24 heavy (non-hydrogen) atoms. The number of benzene rings is 1. The average molecular weight is 376 g/mol. The van der Waals surface area contributed by atoms with Crippen molar-refractivity contribution in [2.45, 2.75) is 37.6 Å². The molecule has 0 unspecified atom stereocenters. The van der Waals surface area contributed by atoms with Gasteiger partial charge in [0, 0.05) is 32.2 Å². The van der Waals surface area contributed by atoms with E-state index in [1.165, 1.54) is 24.5 Å². The first-order chi connectivity index (χ1) is 10.7. The third kappa shape index (κ3) is 4.47. The van der Waals surface area contributed by atoms with E-state index in [0.29, 0.717) is 11.1 Å². The fraction of sp³-hybridized carbons (Fsp3) is 0.562. The molecule has 136 valence electrons. The Morgan fingerprint density at radius 2 is 1.96 bits per heavy atom. The smallest absolute Gasteiger partial charge is 0.251 e. The summed E-state index contributed by atoms with van der Waals surface area (Å²) >= 11 is 0. The Hall–Kier alpha value is -1.15. The van der Waals surface area contributed by atoms with Gasteiger partial charge in [0.05, 0.1) is 4.90 Å². The zero-order chi connectivity index (χ0) is 17.2. The number of carbonyl (C=O) groups is 1. The molecular formula is C16H26ClN3O3S. The summed E-state index contributed by atoms with van der Waals surface area (Å²) in [5, 5.41) is 6.23. The second-order valence-corrected chi connectivity index (χ2v) is 8.34. The van der Waals surface area contributed by atoms with Crippen LogP contribution in [0.4, 0.5) is 0 Å². The molecule has 0 aliphatic carbocycles. The van der Waals surface area contributed by atoms with Gasteiger partial charge < -0.3 is 10.6 Å². The van der Waals surface area contributed by atoms with Gasteiger partial charge >= 0.3 is 0 Å². The van der Waals surface area contributed by atoms with Gasteiger partial charge in [-0.3, -0.25) is 4.79 Å². The lowest BCUT2D eigenvalue weighted by molar-refractivity contribution is 0.0930. The summed E-state index contributed by atoms with van der Waals surface area (Å²) in [6.07, 6.45) is 1.96. The standard InChI is InChI=1S/C16H25N3O3S.ClH/c1-11-8-13(16(20)18-14-6-5-7-17-10-14)9-15(12(11)2)23(21,22)19(3)4;/h8-9,14,17H,5-7,10H2,1-4H3,(H,18,20);1H/t14-;/m0./s1. The lowest BCUT2D eigenvalue weighted by Gasteiger charge is -2.24. The van der Waals surface area contributed by atoms with Crippen LogP contribution in [0, 0.1) is 13.8 Å². The Kier molecular flexibility index (Phi) is 7.22. The number of sulfonamides is 1. The Labute approximate surface area is 150 Å². The number of hydrogen-bond acceptors (Lipinski definition) is 4. The lowest BCUT2D eigenvalue weighted by Crippen LogP contribution is -2.45. The van der Waals surface area contributed by atoms with Crippen molar-refractivity contribution < 1.29 is 13.2 Å². The predicted octanol–water partition coefficient (Wildman–Crippen LogP) is 1.46. The SMILES string of the molecule is Cc1cc(C(=O)N[C@H]2CCCNC2)cc(S(=O)(=O)N(C)C)c1C.Cl. The second-order valence-electron chi connectivity index (χ2n) is 6.22. The Morgan fingerprint density at radius 1 is 1.29 bits per heavy atom. The highest BCUT2D eigenvalue weighted by molar-refractivity contribution is 7.89. The topological polar surface area (TPSA) is 78.5 Å². The molecule has 1 aromatic rings. The van der Waals surface area contributed by atoms with Gasteiger partial charge in [0.15, 0.2) is 0 Å². The first kappa shape index (κ1) is 20.9. The minimum Gasteiger partial charge on any atom is -0.348 e. The molecule has 1 fully saturated rings. The Morgan fingerprint density at radius 3 is 2.50 bits per heavy atom. The number of halogens is 1. The average Bonchev–Trinajstić information content (AvgIpc) is 2.50. The first-order valence-electron chi connectivity index (χ1n) is 7.79. The van der Waals surface area contributed by atoms with Gasteiger partial charge in [0.25, 0.3) is 5.91 Å². The summed E-state index contributed by atoms with van der Waals surface area (Å²) in [6.45, 7) is 5.31.